The molecule has 1 atom stereocenters. The average molecular weight is 426 g/mol. The Bertz CT molecular complexity index is 1160. The molecule has 30 heavy (non-hydrogen) atoms. The SMILES string of the molecule is COc1ccc(CNC(=O)C2CCCN2S(=O)(=O)c2cccc3cccnc23)cc1. The summed E-state index contributed by atoms with van der Waals surface area (Å²) in [5.74, 6) is 0.446. The molecule has 1 fully saturated rings. The van der Waals surface area contributed by atoms with Crippen LogP contribution in [0.15, 0.2) is 65.7 Å². The number of ether oxygens (including phenoxy) is 1. The van der Waals surface area contributed by atoms with Crippen molar-refractivity contribution in [1.82, 2.24) is 14.6 Å². The summed E-state index contributed by atoms with van der Waals surface area (Å²) in [7, 11) is -2.26. The molecule has 0 radical (unpaired) electrons. The summed E-state index contributed by atoms with van der Waals surface area (Å²) in [6.45, 7) is 0.634. The lowest BCUT2D eigenvalue weighted by atomic mass is 10.2. The topological polar surface area (TPSA) is 88.6 Å². The van der Waals surface area contributed by atoms with E-state index < -0.39 is 16.1 Å². The fraction of sp³-hybridized carbons (Fsp3) is 0.273. The molecule has 0 aliphatic carbocycles. The molecule has 3 aromatic rings. The molecule has 1 N–H and O–H groups in total. The fourth-order valence-electron chi connectivity index (χ4n) is 3.75. The van der Waals surface area contributed by atoms with Gasteiger partial charge in [0.05, 0.1) is 12.6 Å². The van der Waals surface area contributed by atoms with Gasteiger partial charge in [-0.3, -0.25) is 9.78 Å². The second kappa shape index (κ2) is 8.41. The summed E-state index contributed by atoms with van der Waals surface area (Å²) < 4.78 is 33.2. The number of carbonyl (C=O) groups excluding carboxylic acids is 1. The van der Waals surface area contributed by atoms with Crippen molar-refractivity contribution >= 4 is 26.8 Å². The third-order valence-corrected chi connectivity index (χ3v) is 7.25. The lowest BCUT2D eigenvalue weighted by molar-refractivity contribution is -0.124. The average Bonchev–Trinajstić information content (AvgIpc) is 3.28. The number of amides is 1. The molecule has 2 heterocycles. The molecule has 1 unspecified atom stereocenters. The number of aromatic nitrogens is 1. The van der Waals surface area contributed by atoms with Crippen LogP contribution in [0.4, 0.5) is 0 Å². The maximum absolute atomic E-state index is 13.4. The number of methoxy groups -OCH3 is 1. The Labute approximate surface area is 175 Å². The lowest BCUT2D eigenvalue weighted by Crippen LogP contribution is -2.45. The Kier molecular flexibility index (Phi) is 5.69. The minimum Gasteiger partial charge on any atom is -0.497 e. The van der Waals surface area contributed by atoms with E-state index in [9.17, 15) is 13.2 Å². The van der Waals surface area contributed by atoms with Crippen LogP contribution < -0.4 is 10.1 Å². The summed E-state index contributed by atoms with van der Waals surface area (Å²) >= 11 is 0. The van der Waals surface area contributed by atoms with E-state index in [2.05, 4.69) is 10.3 Å². The molecule has 1 aliphatic rings. The van der Waals surface area contributed by atoms with E-state index >= 15 is 0 Å². The minimum absolute atomic E-state index is 0.135. The summed E-state index contributed by atoms with van der Waals surface area (Å²) in [6, 6.07) is 15.3. The smallest absolute Gasteiger partial charge is 0.245 e. The zero-order valence-electron chi connectivity index (χ0n) is 16.6. The molecule has 4 rings (SSSR count). The van der Waals surface area contributed by atoms with Crippen molar-refractivity contribution in [1.29, 1.82) is 0 Å². The van der Waals surface area contributed by atoms with Gasteiger partial charge in [-0.15, -0.1) is 0 Å². The number of carbonyl (C=O) groups is 1. The van der Waals surface area contributed by atoms with Gasteiger partial charge in [0.25, 0.3) is 0 Å². The summed E-state index contributed by atoms with van der Waals surface area (Å²) in [6.07, 6.45) is 2.70. The maximum atomic E-state index is 13.4. The van der Waals surface area contributed by atoms with Crippen LogP contribution in [-0.4, -0.2) is 43.3 Å². The predicted octanol–water partition coefficient (Wildman–Crippen LogP) is 2.71. The van der Waals surface area contributed by atoms with Gasteiger partial charge in [0.1, 0.15) is 16.7 Å². The van der Waals surface area contributed by atoms with Gasteiger partial charge in [-0.1, -0.05) is 30.3 Å². The maximum Gasteiger partial charge on any atom is 0.245 e. The largest absolute Gasteiger partial charge is 0.497 e. The van der Waals surface area contributed by atoms with Gasteiger partial charge in [0.2, 0.25) is 15.9 Å². The molecule has 1 aliphatic heterocycles. The predicted molar refractivity (Wildman–Crippen MR) is 113 cm³/mol. The molecule has 0 bridgehead atoms. The number of hydrogen-bond donors (Lipinski definition) is 1. The molecule has 1 aromatic heterocycles. The second-order valence-electron chi connectivity index (χ2n) is 7.17. The first-order chi connectivity index (χ1) is 14.5. The number of rotatable bonds is 6. The van der Waals surface area contributed by atoms with Crippen LogP contribution in [0.1, 0.15) is 18.4 Å². The first kappa shape index (κ1) is 20.3. The van der Waals surface area contributed by atoms with Crippen molar-refractivity contribution < 1.29 is 17.9 Å². The van der Waals surface area contributed by atoms with Crippen molar-refractivity contribution in [2.24, 2.45) is 0 Å². The fourth-order valence-corrected chi connectivity index (χ4v) is 5.57. The van der Waals surface area contributed by atoms with Gasteiger partial charge in [0, 0.05) is 24.7 Å². The molecule has 156 valence electrons. The minimum atomic E-state index is -3.86. The standard InChI is InChI=1S/C22H23N3O4S/c1-29-18-11-9-16(10-12-18)15-24-22(26)19-7-4-14-25(19)30(27,28)20-8-2-5-17-6-3-13-23-21(17)20/h2-3,5-6,8-13,19H,4,7,14-15H2,1H3,(H,24,26). The van der Waals surface area contributed by atoms with Gasteiger partial charge < -0.3 is 10.1 Å². The van der Waals surface area contributed by atoms with Gasteiger partial charge in [-0.05, 0) is 42.7 Å². The van der Waals surface area contributed by atoms with E-state index in [4.69, 9.17) is 4.74 Å². The normalized spacial score (nSPS) is 17.2. The van der Waals surface area contributed by atoms with Crippen molar-refractivity contribution in [3.8, 4) is 5.75 Å². The quantitative estimate of drug-likeness (QED) is 0.656. The van der Waals surface area contributed by atoms with E-state index in [0.29, 0.717) is 31.4 Å². The highest BCUT2D eigenvalue weighted by molar-refractivity contribution is 7.89. The first-order valence-corrected chi connectivity index (χ1v) is 11.2. The van der Waals surface area contributed by atoms with Crippen LogP contribution in [0, 0.1) is 0 Å². The van der Waals surface area contributed by atoms with Crippen molar-refractivity contribution in [3.05, 3.63) is 66.4 Å². The van der Waals surface area contributed by atoms with Crippen LogP contribution in [0.2, 0.25) is 0 Å². The Hall–Kier alpha value is -2.97. The molecule has 1 amide bonds. The van der Waals surface area contributed by atoms with Gasteiger partial charge in [-0.25, -0.2) is 8.42 Å². The van der Waals surface area contributed by atoms with Crippen LogP contribution in [0.25, 0.3) is 10.9 Å². The van der Waals surface area contributed by atoms with Crippen molar-refractivity contribution in [3.63, 3.8) is 0 Å². The Balaban J connectivity index is 1.54. The van der Waals surface area contributed by atoms with E-state index in [-0.39, 0.29) is 10.8 Å². The number of nitrogens with one attached hydrogen (secondary N) is 1. The van der Waals surface area contributed by atoms with Gasteiger partial charge in [-0.2, -0.15) is 4.31 Å². The number of hydrogen-bond acceptors (Lipinski definition) is 5. The molecular formula is C22H23N3O4S. The zero-order valence-corrected chi connectivity index (χ0v) is 17.4. The Morgan fingerprint density at radius 3 is 2.70 bits per heavy atom. The molecule has 0 spiro atoms. The van der Waals surface area contributed by atoms with Crippen LogP contribution in [-0.2, 0) is 21.4 Å². The zero-order chi connectivity index (χ0) is 21.1. The van der Waals surface area contributed by atoms with E-state index in [1.165, 1.54) is 4.31 Å². The molecule has 0 saturated carbocycles. The number of benzene rings is 2. The lowest BCUT2D eigenvalue weighted by Gasteiger charge is -2.24. The molecular weight excluding hydrogens is 402 g/mol. The van der Waals surface area contributed by atoms with Crippen LogP contribution in [0.3, 0.4) is 0 Å². The third-order valence-electron chi connectivity index (χ3n) is 5.31. The van der Waals surface area contributed by atoms with Gasteiger partial charge >= 0.3 is 0 Å². The highest BCUT2D eigenvalue weighted by atomic mass is 32.2. The molecule has 2 aromatic carbocycles. The second-order valence-corrected chi connectivity index (χ2v) is 9.03. The molecule has 1 saturated heterocycles. The summed E-state index contributed by atoms with van der Waals surface area (Å²) in [5, 5.41) is 3.62. The number of para-hydroxylation sites is 1. The van der Waals surface area contributed by atoms with Crippen LogP contribution in [0.5, 0.6) is 5.75 Å². The third kappa shape index (κ3) is 3.88. The highest BCUT2D eigenvalue weighted by Crippen LogP contribution is 2.29. The summed E-state index contributed by atoms with van der Waals surface area (Å²) in [5.41, 5.74) is 1.33. The first-order valence-electron chi connectivity index (χ1n) is 9.77. The summed E-state index contributed by atoms with van der Waals surface area (Å²) in [4.78, 5) is 17.2. The molecule has 7 nitrogen and oxygen atoms in total. The number of fused-ring (bicyclic) bond motifs is 1. The Morgan fingerprint density at radius 2 is 1.93 bits per heavy atom. The monoisotopic (exact) mass is 425 g/mol. The Morgan fingerprint density at radius 1 is 1.17 bits per heavy atom. The van der Waals surface area contributed by atoms with Gasteiger partial charge in [0.15, 0.2) is 0 Å². The molecule has 8 heteroatoms. The number of sulfonamides is 1. The van der Waals surface area contributed by atoms with E-state index in [0.717, 1.165) is 16.7 Å². The van der Waals surface area contributed by atoms with Crippen molar-refractivity contribution in [2.45, 2.75) is 30.3 Å². The van der Waals surface area contributed by atoms with Crippen molar-refractivity contribution in [2.75, 3.05) is 13.7 Å². The van der Waals surface area contributed by atoms with E-state index in [1.807, 2.05) is 36.4 Å². The number of pyridine rings is 1. The highest BCUT2D eigenvalue weighted by Gasteiger charge is 2.40. The van der Waals surface area contributed by atoms with E-state index in [1.54, 1.807) is 31.5 Å². The van der Waals surface area contributed by atoms with Crippen LogP contribution >= 0.6 is 0 Å². The number of nitrogens with zero attached hydrogens (tertiary/aromatic N) is 2.